The van der Waals surface area contributed by atoms with Crippen LogP contribution in [0.2, 0.25) is 5.02 Å². The summed E-state index contributed by atoms with van der Waals surface area (Å²) in [5, 5.41) is 7.50. The molecule has 1 saturated heterocycles. The van der Waals surface area contributed by atoms with Crippen LogP contribution < -0.4 is 15.5 Å². The van der Waals surface area contributed by atoms with Crippen molar-refractivity contribution in [3.8, 4) is 5.69 Å². The molecule has 206 valence electrons. The van der Waals surface area contributed by atoms with E-state index >= 15 is 0 Å². The summed E-state index contributed by atoms with van der Waals surface area (Å²) in [7, 11) is 0. The molecule has 0 radical (unpaired) electrons. The van der Waals surface area contributed by atoms with Crippen molar-refractivity contribution in [2.75, 3.05) is 10.2 Å². The summed E-state index contributed by atoms with van der Waals surface area (Å²) < 4.78 is 2.34. The first-order valence-corrected chi connectivity index (χ1v) is 14.2. The third-order valence-electron chi connectivity index (χ3n) is 7.56. The Morgan fingerprint density at radius 1 is 1.02 bits per heavy atom. The summed E-state index contributed by atoms with van der Waals surface area (Å²) >= 11 is 12.6. The minimum atomic E-state index is -0.182. The van der Waals surface area contributed by atoms with E-state index in [1.807, 2.05) is 56.4 Å². The number of aryl methyl sites for hydroxylation is 3. The van der Waals surface area contributed by atoms with Crippen molar-refractivity contribution in [2.45, 2.75) is 53.6 Å². The molecular formula is C32H34ClN5OS. The van der Waals surface area contributed by atoms with Crippen LogP contribution in [0.25, 0.3) is 5.69 Å². The van der Waals surface area contributed by atoms with Crippen LogP contribution in [-0.2, 0) is 4.79 Å². The van der Waals surface area contributed by atoms with E-state index in [1.165, 1.54) is 16.8 Å². The standard InChI is InChI=1S/C32H34ClN5OS/c1-18(2)31(39)35-26-14-13-23(17-25(26)33)38-30(28(36-32(38)40)27-12-7-8-15-34-27)24-16-21(5)37(22(24)6)29-19(3)10-9-11-20(29)4/h7-18,28,30H,1-6H3,(H,35,39)(H,36,40)/t28-,30+/m0/s1. The van der Waals surface area contributed by atoms with Crippen LogP contribution in [0.15, 0.2) is 66.9 Å². The van der Waals surface area contributed by atoms with Gasteiger partial charge in [-0.3, -0.25) is 9.78 Å². The summed E-state index contributed by atoms with van der Waals surface area (Å²) in [4.78, 5) is 19.1. The van der Waals surface area contributed by atoms with E-state index < -0.39 is 0 Å². The minimum Gasteiger partial charge on any atom is -0.351 e. The second-order valence-corrected chi connectivity index (χ2v) is 11.5. The van der Waals surface area contributed by atoms with Gasteiger partial charge < -0.3 is 20.1 Å². The molecule has 1 amide bonds. The molecule has 0 saturated carbocycles. The molecule has 6 nitrogen and oxygen atoms in total. The maximum absolute atomic E-state index is 12.3. The zero-order valence-corrected chi connectivity index (χ0v) is 25.2. The maximum atomic E-state index is 12.3. The Labute approximate surface area is 246 Å². The van der Waals surface area contributed by atoms with E-state index in [0.29, 0.717) is 15.8 Å². The molecule has 0 bridgehead atoms. The summed E-state index contributed by atoms with van der Waals surface area (Å²) in [6.07, 6.45) is 1.81. The minimum absolute atomic E-state index is 0.0833. The van der Waals surface area contributed by atoms with Crippen molar-refractivity contribution < 1.29 is 4.79 Å². The molecule has 40 heavy (non-hydrogen) atoms. The maximum Gasteiger partial charge on any atom is 0.226 e. The number of nitrogens with zero attached hydrogens (tertiary/aromatic N) is 3. The second-order valence-electron chi connectivity index (χ2n) is 10.7. The first kappa shape index (κ1) is 27.9. The van der Waals surface area contributed by atoms with Crippen LogP contribution in [0.3, 0.4) is 0 Å². The fraction of sp³-hybridized carbons (Fsp3) is 0.281. The number of hydrogen-bond donors (Lipinski definition) is 2. The molecule has 1 fully saturated rings. The average molecular weight is 572 g/mol. The van der Waals surface area contributed by atoms with E-state index in [-0.39, 0.29) is 23.9 Å². The van der Waals surface area contributed by atoms with Crippen molar-refractivity contribution in [1.82, 2.24) is 14.9 Å². The molecule has 1 aliphatic rings. The number of hydrogen-bond acceptors (Lipinski definition) is 3. The molecule has 2 N–H and O–H groups in total. The molecule has 5 rings (SSSR count). The van der Waals surface area contributed by atoms with Gasteiger partial charge in [0.2, 0.25) is 5.91 Å². The number of anilines is 2. The van der Waals surface area contributed by atoms with Gasteiger partial charge >= 0.3 is 0 Å². The second kappa shape index (κ2) is 11.1. The number of amides is 1. The van der Waals surface area contributed by atoms with Crippen molar-refractivity contribution in [3.63, 3.8) is 0 Å². The molecule has 3 heterocycles. The Morgan fingerprint density at radius 3 is 2.38 bits per heavy atom. The van der Waals surface area contributed by atoms with E-state index in [0.717, 1.165) is 28.3 Å². The molecular weight excluding hydrogens is 538 g/mol. The van der Waals surface area contributed by atoms with Gasteiger partial charge in [-0.05, 0) is 93.0 Å². The molecule has 0 spiro atoms. The Morgan fingerprint density at radius 2 is 1.75 bits per heavy atom. The molecule has 0 unspecified atom stereocenters. The van der Waals surface area contributed by atoms with Gasteiger partial charge in [-0.25, -0.2) is 0 Å². The van der Waals surface area contributed by atoms with Gasteiger partial charge in [0, 0.05) is 29.2 Å². The topological polar surface area (TPSA) is 62.2 Å². The van der Waals surface area contributed by atoms with E-state index in [2.05, 4.69) is 72.1 Å². The number of carbonyl (C=O) groups is 1. The van der Waals surface area contributed by atoms with Gasteiger partial charge in [-0.15, -0.1) is 0 Å². The first-order chi connectivity index (χ1) is 19.1. The van der Waals surface area contributed by atoms with Crippen molar-refractivity contribution >= 4 is 46.2 Å². The molecule has 4 aromatic rings. The quantitative estimate of drug-likeness (QED) is 0.234. The van der Waals surface area contributed by atoms with Gasteiger partial charge in [-0.1, -0.05) is 49.7 Å². The van der Waals surface area contributed by atoms with Crippen molar-refractivity contribution in [2.24, 2.45) is 5.92 Å². The lowest BCUT2D eigenvalue weighted by Crippen LogP contribution is -2.29. The lowest BCUT2D eigenvalue weighted by atomic mass is 9.96. The number of aromatic nitrogens is 2. The Kier molecular flexibility index (Phi) is 7.71. The van der Waals surface area contributed by atoms with Gasteiger partial charge in [-0.2, -0.15) is 0 Å². The summed E-state index contributed by atoms with van der Waals surface area (Å²) in [5.41, 5.74) is 9.40. The van der Waals surface area contributed by atoms with E-state index in [1.54, 1.807) is 0 Å². The Bertz CT molecular complexity index is 1580. The lowest BCUT2D eigenvalue weighted by molar-refractivity contribution is -0.118. The number of pyridine rings is 1. The smallest absolute Gasteiger partial charge is 0.226 e. The fourth-order valence-corrected chi connectivity index (χ4v) is 6.14. The predicted octanol–water partition coefficient (Wildman–Crippen LogP) is 7.53. The van der Waals surface area contributed by atoms with Crippen molar-refractivity contribution in [3.05, 3.63) is 106 Å². The number of rotatable bonds is 6. The highest BCUT2D eigenvalue weighted by Gasteiger charge is 2.42. The van der Waals surface area contributed by atoms with Crippen LogP contribution in [0, 0.1) is 33.6 Å². The van der Waals surface area contributed by atoms with E-state index in [9.17, 15) is 4.79 Å². The van der Waals surface area contributed by atoms with Gasteiger partial charge in [0.15, 0.2) is 5.11 Å². The largest absolute Gasteiger partial charge is 0.351 e. The molecule has 8 heteroatoms. The number of nitrogens with one attached hydrogen (secondary N) is 2. The summed E-state index contributed by atoms with van der Waals surface area (Å²) in [5.74, 6) is -0.234. The first-order valence-electron chi connectivity index (χ1n) is 13.4. The van der Waals surface area contributed by atoms with Crippen LogP contribution in [0.4, 0.5) is 11.4 Å². The summed E-state index contributed by atoms with van der Waals surface area (Å²) in [6.45, 7) is 12.3. The molecule has 2 aromatic heterocycles. The fourth-order valence-electron chi connectivity index (χ4n) is 5.57. The van der Waals surface area contributed by atoms with E-state index in [4.69, 9.17) is 28.8 Å². The van der Waals surface area contributed by atoms with Crippen LogP contribution >= 0.6 is 23.8 Å². The van der Waals surface area contributed by atoms with Crippen LogP contribution in [0.1, 0.15) is 59.7 Å². The van der Waals surface area contributed by atoms with Crippen molar-refractivity contribution in [1.29, 1.82) is 0 Å². The van der Waals surface area contributed by atoms with Crippen LogP contribution in [0.5, 0.6) is 0 Å². The number of halogens is 1. The number of thiocarbonyl (C=S) groups is 1. The molecule has 0 aliphatic carbocycles. The Balaban J connectivity index is 1.65. The summed E-state index contributed by atoms with van der Waals surface area (Å²) in [6, 6.07) is 19.9. The predicted molar refractivity (Wildman–Crippen MR) is 168 cm³/mol. The highest BCUT2D eigenvalue weighted by molar-refractivity contribution is 7.80. The normalized spacial score (nSPS) is 16.9. The monoisotopic (exact) mass is 571 g/mol. The Hall–Kier alpha value is -3.68. The SMILES string of the molecule is Cc1cccc(C)c1-n1c(C)cc([C@@H]2[C@H](c3ccccn3)NC(=S)N2c2ccc(NC(=O)C(C)C)c(Cl)c2)c1C. The molecule has 2 atom stereocenters. The van der Waals surface area contributed by atoms with Gasteiger partial charge in [0.25, 0.3) is 0 Å². The zero-order valence-electron chi connectivity index (χ0n) is 23.6. The van der Waals surface area contributed by atoms with Gasteiger partial charge in [0.1, 0.15) is 0 Å². The molecule has 1 aliphatic heterocycles. The highest BCUT2D eigenvalue weighted by Crippen LogP contribution is 2.45. The molecule has 2 aromatic carbocycles. The average Bonchev–Trinajstić information content (AvgIpc) is 3.41. The van der Waals surface area contributed by atoms with Gasteiger partial charge in [0.05, 0.1) is 34.2 Å². The third-order valence-corrected chi connectivity index (χ3v) is 8.19. The lowest BCUT2D eigenvalue weighted by Gasteiger charge is -2.29. The highest BCUT2D eigenvalue weighted by atomic mass is 35.5. The van der Waals surface area contributed by atoms with Crippen LogP contribution in [-0.4, -0.2) is 20.6 Å². The number of benzene rings is 2. The third kappa shape index (κ3) is 5.00. The number of carbonyl (C=O) groups excluding carboxylic acids is 1. The number of para-hydroxylation sites is 1. The zero-order chi connectivity index (χ0) is 28.7.